The van der Waals surface area contributed by atoms with Gasteiger partial charge in [-0.25, -0.2) is 4.98 Å². The molecule has 0 aromatic carbocycles. The van der Waals surface area contributed by atoms with Gasteiger partial charge >= 0.3 is 0 Å². The van der Waals surface area contributed by atoms with Gasteiger partial charge in [0, 0.05) is 0 Å². The van der Waals surface area contributed by atoms with Gasteiger partial charge in [0.05, 0.1) is 4.75 Å². The second-order valence-corrected chi connectivity index (χ2v) is 6.04. The molecule has 0 fully saturated rings. The van der Waals surface area contributed by atoms with Crippen molar-refractivity contribution in [1.82, 2.24) is 9.36 Å². The summed E-state index contributed by atoms with van der Waals surface area (Å²) in [5, 5.41) is 0. The van der Waals surface area contributed by atoms with Crippen molar-refractivity contribution in [2.45, 2.75) is 18.6 Å². The second kappa shape index (κ2) is 3.41. The van der Waals surface area contributed by atoms with E-state index in [1.54, 1.807) is 11.8 Å². The predicted octanol–water partition coefficient (Wildman–Crippen LogP) is 2.90. The van der Waals surface area contributed by atoms with E-state index in [0.717, 1.165) is 9.74 Å². The maximum Gasteiger partial charge on any atom is 0.179 e. The number of rotatable bonds is 2. The van der Waals surface area contributed by atoms with Crippen LogP contribution in [0.4, 0.5) is 0 Å². The minimum absolute atomic E-state index is 0.0303. The van der Waals surface area contributed by atoms with Crippen molar-refractivity contribution in [2.24, 2.45) is 0 Å². The highest BCUT2D eigenvalue weighted by atomic mass is 79.9. The Kier molecular flexibility index (Phi) is 2.94. The fourth-order valence-corrected chi connectivity index (χ4v) is 1.82. The van der Waals surface area contributed by atoms with Crippen LogP contribution in [0.15, 0.2) is 3.92 Å². The molecule has 2 nitrogen and oxygen atoms in total. The molecule has 1 rings (SSSR count). The molecule has 0 atom stereocenters. The fraction of sp³-hybridized carbons (Fsp3) is 0.667. The SMILES string of the molecule is CSC(C)(C)c1nsc(Br)n1. The molecule has 1 heterocycles. The van der Waals surface area contributed by atoms with Crippen LogP contribution < -0.4 is 0 Å². The zero-order chi connectivity index (χ0) is 8.48. The van der Waals surface area contributed by atoms with Gasteiger partial charge in [0.25, 0.3) is 0 Å². The Bertz CT molecular complexity index is 246. The highest BCUT2D eigenvalue weighted by Gasteiger charge is 2.23. The number of hydrogen-bond acceptors (Lipinski definition) is 4. The summed E-state index contributed by atoms with van der Waals surface area (Å²) < 4.78 is 5.11. The molecule has 62 valence electrons. The van der Waals surface area contributed by atoms with Crippen molar-refractivity contribution in [1.29, 1.82) is 0 Å². The standard InChI is InChI=1S/C6H9BrN2S2/c1-6(2,10-3)4-8-5(7)11-9-4/h1-3H3. The maximum absolute atomic E-state index is 4.26. The number of thioether (sulfide) groups is 1. The van der Waals surface area contributed by atoms with Crippen molar-refractivity contribution in [3.05, 3.63) is 9.74 Å². The van der Waals surface area contributed by atoms with E-state index < -0.39 is 0 Å². The molecule has 0 aliphatic rings. The number of halogens is 1. The van der Waals surface area contributed by atoms with Crippen LogP contribution in [-0.2, 0) is 4.75 Å². The Hall–Kier alpha value is 0.390. The Morgan fingerprint density at radius 2 is 2.18 bits per heavy atom. The minimum Gasteiger partial charge on any atom is -0.211 e. The maximum atomic E-state index is 4.26. The van der Waals surface area contributed by atoms with E-state index in [1.165, 1.54) is 11.5 Å². The second-order valence-electron chi connectivity index (χ2n) is 2.59. The molecule has 5 heteroatoms. The summed E-state index contributed by atoms with van der Waals surface area (Å²) in [4.78, 5) is 4.26. The summed E-state index contributed by atoms with van der Waals surface area (Å²) in [5.41, 5.74) is 0. The van der Waals surface area contributed by atoms with Crippen molar-refractivity contribution in [3.8, 4) is 0 Å². The summed E-state index contributed by atoms with van der Waals surface area (Å²) in [7, 11) is 0. The van der Waals surface area contributed by atoms with Crippen molar-refractivity contribution in [2.75, 3.05) is 6.26 Å². The summed E-state index contributed by atoms with van der Waals surface area (Å²) >= 11 is 6.43. The number of nitrogens with zero attached hydrogens (tertiary/aromatic N) is 2. The smallest absolute Gasteiger partial charge is 0.179 e. The van der Waals surface area contributed by atoms with Gasteiger partial charge in [-0.1, -0.05) is 0 Å². The van der Waals surface area contributed by atoms with Gasteiger partial charge in [0.15, 0.2) is 9.74 Å². The largest absolute Gasteiger partial charge is 0.211 e. The van der Waals surface area contributed by atoms with Crippen LogP contribution in [0.25, 0.3) is 0 Å². The van der Waals surface area contributed by atoms with E-state index >= 15 is 0 Å². The molecule has 0 saturated heterocycles. The van der Waals surface area contributed by atoms with Crippen LogP contribution in [0.2, 0.25) is 0 Å². The Morgan fingerprint density at radius 3 is 2.55 bits per heavy atom. The van der Waals surface area contributed by atoms with Gasteiger partial charge in [0.2, 0.25) is 0 Å². The summed E-state index contributed by atoms with van der Waals surface area (Å²) in [6, 6.07) is 0. The van der Waals surface area contributed by atoms with Crippen LogP contribution in [0.3, 0.4) is 0 Å². The quantitative estimate of drug-likeness (QED) is 0.810. The van der Waals surface area contributed by atoms with E-state index in [2.05, 4.69) is 45.4 Å². The molecule has 0 spiro atoms. The third-order valence-corrected chi connectivity index (χ3v) is 3.77. The van der Waals surface area contributed by atoms with Gasteiger partial charge in [-0.3, -0.25) is 0 Å². The first-order valence-electron chi connectivity index (χ1n) is 3.11. The van der Waals surface area contributed by atoms with Crippen LogP contribution in [-0.4, -0.2) is 15.6 Å². The van der Waals surface area contributed by atoms with E-state index in [1.807, 2.05) is 0 Å². The van der Waals surface area contributed by atoms with Gasteiger partial charge in [-0.2, -0.15) is 16.1 Å². The van der Waals surface area contributed by atoms with Gasteiger partial charge in [0.1, 0.15) is 0 Å². The first kappa shape index (κ1) is 9.48. The third kappa shape index (κ3) is 2.16. The molecule has 1 aromatic heterocycles. The molecule has 0 radical (unpaired) electrons. The lowest BCUT2D eigenvalue weighted by molar-refractivity contribution is 0.727. The molecule has 1 aromatic rings. The Morgan fingerprint density at radius 1 is 1.55 bits per heavy atom. The first-order valence-corrected chi connectivity index (χ1v) is 5.90. The topological polar surface area (TPSA) is 25.8 Å². The fourth-order valence-electron chi connectivity index (χ4n) is 0.541. The third-order valence-electron chi connectivity index (χ3n) is 1.45. The van der Waals surface area contributed by atoms with Crippen LogP contribution >= 0.6 is 39.2 Å². The van der Waals surface area contributed by atoms with Crippen molar-refractivity contribution in [3.63, 3.8) is 0 Å². The minimum atomic E-state index is 0.0303. The molecule has 0 amide bonds. The van der Waals surface area contributed by atoms with E-state index in [4.69, 9.17) is 0 Å². The van der Waals surface area contributed by atoms with Gasteiger partial charge in [-0.15, -0.1) is 0 Å². The van der Waals surface area contributed by atoms with Crippen molar-refractivity contribution >= 4 is 39.2 Å². The Balaban J connectivity index is 2.92. The molecule has 11 heavy (non-hydrogen) atoms. The number of hydrogen-bond donors (Lipinski definition) is 0. The lowest BCUT2D eigenvalue weighted by Gasteiger charge is -2.16. The summed E-state index contributed by atoms with van der Waals surface area (Å²) in [6.45, 7) is 4.23. The van der Waals surface area contributed by atoms with E-state index in [0.29, 0.717) is 0 Å². The van der Waals surface area contributed by atoms with Crippen LogP contribution in [0.1, 0.15) is 19.7 Å². The summed E-state index contributed by atoms with van der Waals surface area (Å²) in [6.07, 6.45) is 2.06. The van der Waals surface area contributed by atoms with Crippen LogP contribution in [0.5, 0.6) is 0 Å². The molecule has 0 saturated carbocycles. The summed E-state index contributed by atoms with van der Waals surface area (Å²) in [5.74, 6) is 0.905. The molecule has 0 N–H and O–H groups in total. The van der Waals surface area contributed by atoms with E-state index in [-0.39, 0.29) is 4.75 Å². The van der Waals surface area contributed by atoms with Crippen LogP contribution in [0, 0.1) is 0 Å². The zero-order valence-electron chi connectivity index (χ0n) is 6.59. The lowest BCUT2D eigenvalue weighted by atomic mass is 10.2. The molecular formula is C6H9BrN2S2. The zero-order valence-corrected chi connectivity index (χ0v) is 9.81. The average molecular weight is 253 g/mol. The first-order chi connectivity index (χ1) is 5.06. The molecular weight excluding hydrogens is 244 g/mol. The Labute approximate surface area is 83.1 Å². The molecule has 0 unspecified atom stereocenters. The molecule has 0 aliphatic carbocycles. The monoisotopic (exact) mass is 252 g/mol. The molecule has 0 bridgehead atoms. The normalized spacial score (nSPS) is 12.0. The predicted molar refractivity (Wildman–Crippen MR) is 54.2 cm³/mol. The van der Waals surface area contributed by atoms with E-state index in [9.17, 15) is 0 Å². The highest BCUT2D eigenvalue weighted by molar-refractivity contribution is 9.11. The average Bonchev–Trinajstić information content (AvgIpc) is 2.36. The van der Waals surface area contributed by atoms with Crippen molar-refractivity contribution < 1.29 is 0 Å². The number of aromatic nitrogens is 2. The lowest BCUT2D eigenvalue weighted by Crippen LogP contribution is -2.12. The molecule has 0 aliphatic heterocycles. The van der Waals surface area contributed by atoms with Gasteiger partial charge < -0.3 is 0 Å². The van der Waals surface area contributed by atoms with Gasteiger partial charge in [-0.05, 0) is 47.6 Å². The highest BCUT2D eigenvalue weighted by Crippen LogP contribution is 2.32.